The van der Waals surface area contributed by atoms with Gasteiger partial charge in [0.25, 0.3) is 5.91 Å². The quantitative estimate of drug-likeness (QED) is 0.805. The van der Waals surface area contributed by atoms with Gasteiger partial charge in [-0.15, -0.1) is 0 Å². The lowest BCUT2D eigenvalue weighted by Crippen LogP contribution is -2.50. The Hall–Kier alpha value is -2.58. The lowest BCUT2D eigenvalue weighted by atomic mass is 10.0. The third-order valence-electron chi connectivity index (χ3n) is 4.39. The number of amides is 1. The van der Waals surface area contributed by atoms with Gasteiger partial charge in [0.05, 0.1) is 29.2 Å². The lowest BCUT2D eigenvalue weighted by Gasteiger charge is -2.35. The van der Waals surface area contributed by atoms with Crippen molar-refractivity contribution >= 4 is 5.91 Å². The summed E-state index contributed by atoms with van der Waals surface area (Å²) in [6, 6.07) is 8.98. The number of nitriles is 2. The molecule has 2 rings (SSSR count). The minimum Gasteiger partial charge on any atom is -0.336 e. The Morgan fingerprint density at radius 2 is 1.81 bits per heavy atom. The number of halogens is 3. The fourth-order valence-corrected chi connectivity index (χ4v) is 2.97. The maximum absolute atomic E-state index is 13.1. The molecule has 1 aromatic rings. The van der Waals surface area contributed by atoms with Crippen LogP contribution in [0.15, 0.2) is 24.3 Å². The van der Waals surface area contributed by atoms with Crippen molar-refractivity contribution in [3.8, 4) is 12.1 Å². The number of rotatable bonds is 5. The molecule has 5 nitrogen and oxygen atoms in total. The number of piperazine rings is 1. The highest BCUT2D eigenvalue weighted by Crippen LogP contribution is 2.32. The van der Waals surface area contributed by atoms with Crippen molar-refractivity contribution in [1.82, 2.24) is 9.80 Å². The summed E-state index contributed by atoms with van der Waals surface area (Å²) in [5, 5.41) is 17.7. The van der Waals surface area contributed by atoms with Crippen LogP contribution in [0.2, 0.25) is 0 Å². The molecule has 0 radical (unpaired) electrons. The van der Waals surface area contributed by atoms with Gasteiger partial charge < -0.3 is 4.90 Å². The molecule has 0 saturated carbocycles. The molecule has 0 aromatic heterocycles. The van der Waals surface area contributed by atoms with Gasteiger partial charge in [0.15, 0.2) is 0 Å². The molecule has 0 aliphatic carbocycles. The normalized spacial score (nSPS) is 16.6. The van der Waals surface area contributed by atoms with Crippen LogP contribution < -0.4 is 0 Å². The van der Waals surface area contributed by atoms with Crippen LogP contribution in [0.25, 0.3) is 0 Å². The second-order valence-corrected chi connectivity index (χ2v) is 6.16. The standard InChI is InChI=1S/C18H19F3N4O/c19-18(20,21)16-6-2-1-5-15(16)17(26)25-10-8-24(9-11-25)13-14(12-23)4-3-7-22/h1-2,5-6,14H,3-4,8-11,13H2/t14-/m0/s1. The molecule has 1 aromatic carbocycles. The van der Waals surface area contributed by atoms with Crippen molar-refractivity contribution in [3.05, 3.63) is 35.4 Å². The van der Waals surface area contributed by atoms with E-state index in [9.17, 15) is 18.0 Å². The molecule has 1 amide bonds. The van der Waals surface area contributed by atoms with Crippen LogP contribution in [0.3, 0.4) is 0 Å². The number of hydrogen-bond donors (Lipinski definition) is 0. The van der Waals surface area contributed by atoms with E-state index >= 15 is 0 Å². The molecule has 0 N–H and O–H groups in total. The van der Waals surface area contributed by atoms with E-state index in [0.29, 0.717) is 45.6 Å². The summed E-state index contributed by atoms with van der Waals surface area (Å²) in [5.74, 6) is -0.887. The summed E-state index contributed by atoms with van der Waals surface area (Å²) in [6.45, 7) is 2.09. The topological polar surface area (TPSA) is 71.1 Å². The first-order valence-corrected chi connectivity index (χ1v) is 8.31. The van der Waals surface area contributed by atoms with Crippen LogP contribution in [-0.2, 0) is 6.18 Å². The summed E-state index contributed by atoms with van der Waals surface area (Å²) in [6.07, 6.45) is -3.77. The highest BCUT2D eigenvalue weighted by Gasteiger charge is 2.36. The number of hydrogen-bond acceptors (Lipinski definition) is 4. The Kier molecular flexibility index (Phi) is 6.59. The van der Waals surface area contributed by atoms with E-state index in [4.69, 9.17) is 10.5 Å². The first-order valence-electron chi connectivity index (χ1n) is 8.31. The van der Waals surface area contributed by atoms with Crippen molar-refractivity contribution in [2.24, 2.45) is 5.92 Å². The lowest BCUT2D eigenvalue weighted by molar-refractivity contribution is -0.138. The fourth-order valence-electron chi connectivity index (χ4n) is 2.97. The summed E-state index contributed by atoms with van der Waals surface area (Å²) in [5.41, 5.74) is -1.26. The van der Waals surface area contributed by atoms with Gasteiger partial charge in [-0.1, -0.05) is 12.1 Å². The number of alkyl halides is 3. The maximum Gasteiger partial charge on any atom is 0.417 e. The monoisotopic (exact) mass is 364 g/mol. The Morgan fingerprint density at radius 1 is 1.15 bits per heavy atom. The summed E-state index contributed by atoms with van der Waals surface area (Å²) >= 11 is 0. The van der Waals surface area contributed by atoms with Crippen LogP contribution >= 0.6 is 0 Å². The van der Waals surface area contributed by atoms with Crippen LogP contribution in [0, 0.1) is 28.6 Å². The first kappa shape index (κ1) is 19.7. The molecular weight excluding hydrogens is 345 g/mol. The first-order chi connectivity index (χ1) is 12.4. The third kappa shape index (κ3) is 4.96. The van der Waals surface area contributed by atoms with E-state index in [1.807, 2.05) is 11.0 Å². The predicted octanol–water partition coefficient (Wildman–Crippen LogP) is 2.91. The Balaban J connectivity index is 1.97. The summed E-state index contributed by atoms with van der Waals surface area (Å²) in [4.78, 5) is 15.9. The van der Waals surface area contributed by atoms with Gasteiger partial charge in [-0.2, -0.15) is 23.7 Å². The van der Waals surface area contributed by atoms with Gasteiger partial charge in [-0.3, -0.25) is 9.69 Å². The van der Waals surface area contributed by atoms with Crippen LogP contribution in [0.4, 0.5) is 13.2 Å². The van der Waals surface area contributed by atoms with Gasteiger partial charge in [0.1, 0.15) is 0 Å². The Labute approximate surface area is 150 Å². The number of carbonyl (C=O) groups is 1. The molecule has 1 aliphatic rings. The molecule has 1 heterocycles. The fraction of sp³-hybridized carbons (Fsp3) is 0.500. The Morgan fingerprint density at radius 3 is 2.38 bits per heavy atom. The predicted molar refractivity (Wildman–Crippen MR) is 87.7 cm³/mol. The van der Waals surface area contributed by atoms with Gasteiger partial charge in [0, 0.05) is 39.1 Å². The molecule has 1 saturated heterocycles. The van der Waals surface area contributed by atoms with Crippen molar-refractivity contribution in [2.45, 2.75) is 19.0 Å². The average Bonchev–Trinajstić information content (AvgIpc) is 2.64. The molecule has 26 heavy (non-hydrogen) atoms. The SMILES string of the molecule is N#CCC[C@@H](C#N)CN1CCN(C(=O)c2ccccc2C(F)(F)F)CC1. The highest BCUT2D eigenvalue weighted by atomic mass is 19.4. The minimum absolute atomic E-state index is 0.261. The van der Waals surface area contributed by atoms with Crippen LogP contribution in [0.1, 0.15) is 28.8 Å². The third-order valence-corrected chi connectivity index (χ3v) is 4.39. The Bertz CT molecular complexity index is 712. The zero-order chi connectivity index (χ0) is 19.2. The zero-order valence-electron chi connectivity index (χ0n) is 14.2. The van der Waals surface area contributed by atoms with E-state index in [0.717, 1.165) is 6.07 Å². The van der Waals surface area contributed by atoms with Gasteiger partial charge >= 0.3 is 6.18 Å². The number of nitrogens with zero attached hydrogens (tertiary/aromatic N) is 4. The minimum atomic E-state index is -4.57. The second-order valence-electron chi connectivity index (χ2n) is 6.16. The number of carbonyl (C=O) groups excluding carboxylic acids is 1. The van der Waals surface area contributed by atoms with Crippen LogP contribution in [-0.4, -0.2) is 48.4 Å². The molecular formula is C18H19F3N4O. The summed E-state index contributed by atoms with van der Waals surface area (Å²) < 4.78 is 39.3. The van der Waals surface area contributed by atoms with Gasteiger partial charge in [0.2, 0.25) is 0 Å². The van der Waals surface area contributed by atoms with E-state index in [-0.39, 0.29) is 11.5 Å². The average molecular weight is 364 g/mol. The molecule has 1 aliphatic heterocycles. The van der Waals surface area contributed by atoms with Crippen LogP contribution in [0.5, 0.6) is 0 Å². The van der Waals surface area contributed by atoms with Crippen molar-refractivity contribution < 1.29 is 18.0 Å². The molecule has 0 spiro atoms. The van der Waals surface area contributed by atoms with Gasteiger partial charge in [-0.25, -0.2) is 0 Å². The van der Waals surface area contributed by atoms with Gasteiger partial charge in [-0.05, 0) is 18.6 Å². The van der Waals surface area contributed by atoms with E-state index in [2.05, 4.69) is 6.07 Å². The zero-order valence-corrected chi connectivity index (χ0v) is 14.2. The number of benzene rings is 1. The van der Waals surface area contributed by atoms with E-state index in [1.54, 1.807) is 0 Å². The van der Waals surface area contributed by atoms with Crippen molar-refractivity contribution in [1.29, 1.82) is 10.5 Å². The maximum atomic E-state index is 13.1. The van der Waals surface area contributed by atoms with Crippen molar-refractivity contribution in [2.75, 3.05) is 32.7 Å². The molecule has 0 bridgehead atoms. The molecule has 0 unspecified atom stereocenters. The molecule has 1 atom stereocenters. The molecule has 8 heteroatoms. The second kappa shape index (κ2) is 8.68. The largest absolute Gasteiger partial charge is 0.417 e. The van der Waals surface area contributed by atoms with E-state index < -0.39 is 17.6 Å². The summed E-state index contributed by atoms with van der Waals surface area (Å²) in [7, 11) is 0. The smallest absolute Gasteiger partial charge is 0.336 e. The molecule has 1 fully saturated rings. The molecule has 138 valence electrons. The highest BCUT2D eigenvalue weighted by molar-refractivity contribution is 5.96. The van der Waals surface area contributed by atoms with E-state index in [1.165, 1.54) is 23.1 Å². The van der Waals surface area contributed by atoms with Crippen molar-refractivity contribution in [3.63, 3.8) is 0 Å².